The fraction of sp³-hybridized carbons (Fsp3) is 0.600. The molecule has 2 rings (SSSR count). The first-order valence-corrected chi connectivity index (χ1v) is 7.67. The van der Waals surface area contributed by atoms with Crippen LogP contribution in [0.4, 0.5) is 4.39 Å². The minimum atomic E-state index is -0.777. The lowest BCUT2D eigenvalue weighted by Crippen LogP contribution is -2.36. The largest absolute Gasteiger partial charge is 0.390 e. The molecule has 4 heteroatoms. The molecule has 0 aromatic heterocycles. The maximum absolute atomic E-state index is 13.1. The molecule has 2 N–H and O–H groups in total. The van der Waals surface area contributed by atoms with Crippen molar-refractivity contribution in [1.29, 1.82) is 0 Å². The molecule has 19 heavy (non-hydrogen) atoms. The van der Waals surface area contributed by atoms with E-state index in [1.807, 2.05) is 0 Å². The highest BCUT2D eigenvalue weighted by Crippen LogP contribution is 2.29. The van der Waals surface area contributed by atoms with Crippen molar-refractivity contribution in [3.05, 3.63) is 34.1 Å². The van der Waals surface area contributed by atoms with Crippen molar-refractivity contribution in [2.45, 2.75) is 50.7 Å². The van der Waals surface area contributed by atoms with Gasteiger partial charge in [-0.15, -0.1) is 0 Å². The minimum Gasteiger partial charge on any atom is -0.390 e. The van der Waals surface area contributed by atoms with Gasteiger partial charge in [-0.3, -0.25) is 0 Å². The van der Waals surface area contributed by atoms with Gasteiger partial charge in [0.2, 0.25) is 0 Å². The molecule has 2 nitrogen and oxygen atoms in total. The lowest BCUT2D eigenvalue weighted by molar-refractivity contribution is -0.0263. The van der Waals surface area contributed by atoms with Crippen molar-refractivity contribution >= 4 is 15.9 Å². The van der Waals surface area contributed by atoms with Gasteiger partial charge in [-0.1, -0.05) is 25.3 Å². The van der Waals surface area contributed by atoms with Crippen LogP contribution >= 0.6 is 15.9 Å². The summed E-state index contributed by atoms with van der Waals surface area (Å²) in [5, 5.41) is 20.3. The highest BCUT2D eigenvalue weighted by atomic mass is 79.9. The van der Waals surface area contributed by atoms with Crippen LogP contribution in [-0.2, 0) is 6.42 Å². The van der Waals surface area contributed by atoms with E-state index in [0.29, 0.717) is 10.9 Å². The molecule has 0 saturated heterocycles. The minimum absolute atomic E-state index is 0.202. The SMILES string of the molecule is OC(Cc1ccc(F)c(Br)c1)C(O)C1CCCCC1. The fourth-order valence-electron chi connectivity index (χ4n) is 2.82. The molecule has 1 aliphatic rings. The van der Waals surface area contributed by atoms with Gasteiger partial charge in [0, 0.05) is 6.42 Å². The summed E-state index contributed by atoms with van der Waals surface area (Å²) in [5.74, 6) is -0.112. The normalized spacial score (nSPS) is 20.2. The Balaban J connectivity index is 1.95. The number of rotatable bonds is 4. The van der Waals surface area contributed by atoms with Crippen molar-refractivity contribution in [2.24, 2.45) is 5.92 Å². The van der Waals surface area contributed by atoms with Crippen LogP contribution in [0.25, 0.3) is 0 Å². The number of benzene rings is 1. The molecule has 0 heterocycles. The second kappa shape index (κ2) is 6.82. The summed E-state index contributed by atoms with van der Waals surface area (Å²) in [4.78, 5) is 0. The molecule has 1 aromatic carbocycles. The molecular weight excluding hydrogens is 311 g/mol. The molecule has 0 radical (unpaired) electrons. The van der Waals surface area contributed by atoms with Crippen LogP contribution in [0.15, 0.2) is 22.7 Å². The molecule has 0 amide bonds. The van der Waals surface area contributed by atoms with E-state index in [0.717, 1.165) is 31.2 Å². The number of halogens is 2. The van der Waals surface area contributed by atoms with E-state index in [1.165, 1.54) is 12.5 Å². The van der Waals surface area contributed by atoms with Gasteiger partial charge in [0.1, 0.15) is 5.82 Å². The van der Waals surface area contributed by atoms with Gasteiger partial charge in [0.25, 0.3) is 0 Å². The van der Waals surface area contributed by atoms with Gasteiger partial charge in [0.15, 0.2) is 0 Å². The van der Waals surface area contributed by atoms with Gasteiger partial charge in [-0.2, -0.15) is 0 Å². The Kier molecular flexibility index (Phi) is 5.37. The summed E-state index contributed by atoms with van der Waals surface area (Å²) in [7, 11) is 0. The van der Waals surface area contributed by atoms with E-state index in [1.54, 1.807) is 12.1 Å². The van der Waals surface area contributed by atoms with Crippen molar-refractivity contribution in [1.82, 2.24) is 0 Å². The van der Waals surface area contributed by atoms with Gasteiger partial charge in [0.05, 0.1) is 16.7 Å². The van der Waals surface area contributed by atoms with Crippen molar-refractivity contribution in [3.8, 4) is 0 Å². The van der Waals surface area contributed by atoms with Gasteiger partial charge >= 0.3 is 0 Å². The van der Waals surface area contributed by atoms with E-state index < -0.39 is 12.2 Å². The standard InChI is InChI=1S/C15H20BrFO2/c16-12-8-10(6-7-13(12)17)9-14(18)15(19)11-4-2-1-3-5-11/h6-8,11,14-15,18-19H,1-5,9H2. The first-order chi connectivity index (χ1) is 9.08. The van der Waals surface area contributed by atoms with E-state index in [2.05, 4.69) is 15.9 Å². The smallest absolute Gasteiger partial charge is 0.137 e. The van der Waals surface area contributed by atoms with Crippen LogP contribution < -0.4 is 0 Å². The van der Waals surface area contributed by atoms with Crippen LogP contribution in [0.3, 0.4) is 0 Å². The van der Waals surface area contributed by atoms with Crippen LogP contribution in [-0.4, -0.2) is 22.4 Å². The molecule has 0 spiro atoms. The molecule has 0 bridgehead atoms. The van der Waals surface area contributed by atoms with Crippen molar-refractivity contribution in [3.63, 3.8) is 0 Å². The molecule has 1 aromatic rings. The fourth-order valence-corrected chi connectivity index (χ4v) is 3.24. The third-order valence-corrected chi connectivity index (χ3v) is 4.56. The quantitative estimate of drug-likeness (QED) is 0.887. The Morgan fingerprint density at radius 2 is 1.89 bits per heavy atom. The Labute approximate surface area is 121 Å². The van der Waals surface area contributed by atoms with Gasteiger partial charge in [-0.25, -0.2) is 4.39 Å². The van der Waals surface area contributed by atoms with E-state index in [9.17, 15) is 14.6 Å². The van der Waals surface area contributed by atoms with E-state index in [-0.39, 0.29) is 11.7 Å². The predicted molar refractivity (Wildman–Crippen MR) is 76.4 cm³/mol. The summed E-state index contributed by atoms with van der Waals surface area (Å²) in [6, 6.07) is 4.68. The first-order valence-electron chi connectivity index (χ1n) is 6.88. The van der Waals surface area contributed by atoms with Crippen LogP contribution in [0, 0.1) is 11.7 Å². The molecule has 1 saturated carbocycles. The topological polar surface area (TPSA) is 40.5 Å². The second-order valence-corrected chi connectivity index (χ2v) is 6.26. The molecule has 0 aliphatic heterocycles. The molecule has 2 atom stereocenters. The Morgan fingerprint density at radius 1 is 1.21 bits per heavy atom. The highest BCUT2D eigenvalue weighted by molar-refractivity contribution is 9.10. The average Bonchev–Trinajstić information content (AvgIpc) is 2.43. The molecule has 1 aliphatic carbocycles. The monoisotopic (exact) mass is 330 g/mol. The molecule has 1 fully saturated rings. The summed E-state index contributed by atoms with van der Waals surface area (Å²) in [6.45, 7) is 0. The Hall–Kier alpha value is -0.450. The first kappa shape index (κ1) is 14.9. The molecule has 2 unspecified atom stereocenters. The summed E-state index contributed by atoms with van der Waals surface area (Å²) in [5.41, 5.74) is 0.829. The Morgan fingerprint density at radius 3 is 2.53 bits per heavy atom. The zero-order valence-electron chi connectivity index (χ0n) is 10.9. The molecule has 106 valence electrons. The highest BCUT2D eigenvalue weighted by Gasteiger charge is 2.27. The average molecular weight is 331 g/mol. The van der Waals surface area contributed by atoms with E-state index in [4.69, 9.17) is 0 Å². The lowest BCUT2D eigenvalue weighted by atomic mass is 9.82. The van der Waals surface area contributed by atoms with Gasteiger partial charge < -0.3 is 10.2 Å². The zero-order valence-corrected chi connectivity index (χ0v) is 12.4. The maximum atomic E-state index is 13.1. The van der Waals surface area contributed by atoms with Crippen LogP contribution in [0.5, 0.6) is 0 Å². The number of aliphatic hydroxyl groups excluding tert-OH is 2. The summed E-state index contributed by atoms with van der Waals surface area (Å²) in [6.07, 6.45) is 4.38. The zero-order chi connectivity index (χ0) is 13.8. The third-order valence-electron chi connectivity index (χ3n) is 3.96. The summed E-state index contributed by atoms with van der Waals surface area (Å²) < 4.78 is 13.5. The predicted octanol–water partition coefficient (Wildman–Crippen LogP) is 3.43. The number of aliphatic hydroxyl groups is 2. The third kappa shape index (κ3) is 4.01. The van der Waals surface area contributed by atoms with Crippen molar-refractivity contribution in [2.75, 3.05) is 0 Å². The molecular formula is C15H20BrFO2. The van der Waals surface area contributed by atoms with Crippen LogP contribution in [0.2, 0.25) is 0 Å². The van der Waals surface area contributed by atoms with E-state index >= 15 is 0 Å². The van der Waals surface area contributed by atoms with Crippen LogP contribution in [0.1, 0.15) is 37.7 Å². The maximum Gasteiger partial charge on any atom is 0.137 e. The second-order valence-electron chi connectivity index (χ2n) is 5.41. The number of hydrogen-bond acceptors (Lipinski definition) is 2. The van der Waals surface area contributed by atoms with Crippen molar-refractivity contribution < 1.29 is 14.6 Å². The number of hydrogen-bond donors (Lipinski definition) is 2. The summed E-state index contributed by atoms with van der Waals surface area (Å²) >= 11 is 3.13. The lowest BCUT2D eigenvalue weighted by Gasteiger charge is -2.29. The van der Waals surface area contributed by atoms with Gasteiger partial charge in [-0.05, 0) is 52.4 Å². The Bertz CT molecular complexity index is 419.